The molecule has 2 aromatic rings. The van der Waals surface area contributed by atoms with E-state index in [1.54, 1.807) is 0 Å². The molecule has 1 fully saturated rings. The van der Waals surface area contributed by atoms with Crippen molar-refractivity contribution in [3.8, 4) is 6.07 Å². The molecule has 4 rings (SSSR count). The number of hydrogen-bond acceptors (Lipinski definition) is 6. The summed E-state index contributed by atoms with van der Waals surface area (Å²) in [5.74, 6) is 0.905. The van der Waals surface area contributed by atoms with Gasteiger partial charge in [-0.3, -0.25) is 4.79 Å². The minimum atomic E-state index is -0.0707. The number of nitriles is 1. The number of carbonyl (C=O) groups is 1. The first-order chi connectivity index (χ1) is 17.5. The molecule has 2 aliphatic heterocycles. The largest absolute Gasteiger partial charge is 0.367 e. The summed E-state index contributed by atoms with van der Waals surface area (Å²) in [6.07, 6.45) is 8.31. The molecule has 1 saturated heterocycles. The van der Waals surface area contributed by atoms with Crippen LogP contribution in [0.4, 0.5) is 5.69 Å². The molecule has 1 N–H and O–H groups in total. The second-order valence-corrected chi connectivity index (χ2v) is 9.28. The Labute approximate surface area is 214 Å². The van der Waals surface area contributed by atoms with E-state index in [2.05, 4.69) is 39.4 Å². The predicted molar refractivity (Wildman–Crippen MR) is 145 cm³/mol. The van der Waals surface area contributed by atoms with E-state index in [-0.39, 0.29) is 5.91 Å². The summed E-state index contributed by atoms with van der Waals surface area (Å²) in [7, 11) is 3.98. The van der Waals surface area contributed by atoms with Crippen LogP contribution < -0.4 is 10.2 Å². The molecule has 0 bridgehead atoms. The molecule has 0 aliphatic carbocycles. The molecule has 0 unspecified atom stereocenters. The Morgan fingerprint density at radius 2 is 1.83 bits per heavy atom. The molecule has 0 aromatic heterocycles. The van der Waals surface area contributed by atoms with Gasteiger partial charge in [0.25, 0.3) is 5.91 Å². The fourth-order valence-electron chi connectivity index (χ4n) is 4.41. The Balaban J connectivity index is 1.48. The smallest absolute Gasteiger partial charge is 0.251 e. The second kappa shape index (κ2) is 12.2. The summed E-state index contributed by atoms with van der Waals surface area (Å²) in [4.78, 5) is 24.4. The number of aliphatic imine (C=N–C) groups is 1. The summed E-state index contributed by atoms with van der Waals surface area (Å²) in [5, 5.41) is 12.5. The molecule has 1 amide bonds. The fourth-order valence-corrected chi connectivity index (χ4v) is 4.41. The molecule has 2 aromatic carbocycles. The summed E-state index contributed by atoms with van der Waals surface area (Å²) >= 11 is 0. The van der Waals surface area contributed by atoms with Gasteiger partial charge in [-0.2, -0.15) is 5.26 Å². The Hall–Kier alpha value is -3.89. The van der Waals surface area contributed by atoms with E-state index in [0.717, 1.165) is 68.3 Å². The number of hydrogen-bond donors (Lipinski definition) is 1. The minimum Gasteiger partial charge on any atom is -0.367 e. The van der Waals surface area contributed by atoms with Crippen molar-refractivity contribution in [1.29, 1.82) is 5.26 Å². The lowest BCUT2D eigenvalue weighted by molar-refractivity contribution is 0.0951. The summed E-state index contributed by atoms with van der Waals surface area (Å²) < 4.78 is 0. The molecule has 186 valence electrons. The van der Waals surface area contributed by atoms with Crippen molar-refractivity contribution in [2.24, 2.45) is 4.99 Å². The quantitative estimate of drug-likeness (QED) is 0.652. The average Bonchev–Trinajstić information content (AvgIpc) is 2.88. The highest BCUT2D eigenvalue weighted by Crippen LogP contribution is 2.23. The third-order valence-electron chi connectivity index (χ3n) is 6.40. The fraction of sp³-hybridized carbons (Fsp3) is 0.345. The lowest BCUT2D eigenvalue weighted by atomic mass is 10.0. The van der Waals surface area contributed by atoms with E-state index in [1.807, 2.05) is 67.5 Å². The average molecular weight is 483 g/mol. The first kappa shape index (κ1) is 25.2. The van der Waals surface area contributed by atoms with Crippen molar-refractivity contribution in [3.05, 3.63) is 89.3 Å². The van der Waals surface area contributed by atoms with Gasteiger partial charge in [0.05, 0.1) is 17.0 Å². The predicted octanol–water partition coefficient (Wildman–Crippen LogP) is 3.65. The maximum absolute atomic E-state index is 12.7. The van der Waals surface area contributed by atoms with E-state index in [9.17, 15) is 10.1 Å². The number of nitrogens with one attached hydrogen (secondary N) is 1. The SMILES string of the molecule is CN(C)CCNC(=O)c1cccc(C2=N/C(N3CCN(c4ccccc4C#N)CC3)=C\CC/C=C\2)c1. The van der Waals surface area contributed by atoms with Crippen LogP contribution in [0.3, 0.4) is 0 Å². The van der Waals surface area contributed by atoms with Gasteiger partial charge in [-0.15, -0.1) is 0 Å². The molecule has 0 atom stereocenters. The normalized spacial score (nSPS) is 19.8. The number of amides is 1. The van der Waals surface area contributed by atoms with Crippen LogP contribution in [0, 0.1) is 11.3 Å². The van der Waals surface area contributed by atoms with E-state index >= 15 is 0 Å². The first-order valence-corrected chi connectivity index (χ1v) is 12.5. The number of carbonyl (C=O) groups excluding carboxylic acids is 1. The van der Waals surface area contributed by atoms with Gasteiger partial charge in [-0.05, 0) is 63.4 Å². The van der Waals surface area contributed by atoms with Crippen molar-refractivity contribution < 1.29 is 4.79 Å². The van der Waals surface area contributed by atoms with E-state index in [0.29, 0.717) is 17.7 Å². The van der Waals surface area contributed by atoms with E-state index in [1.165, 1.54) is 0 Å². The van der Waals surface area contributed by atoms with Crippen LogP contribution in [0.1, 0.15) is 34.3 Å². The van der Waals surface area contributed by atoms with Crippen LogP contribution in [-0.2, 0) is 0 Å². The van der Waals surface area contributed by atoms with Gasteiger partial charge in [0.1, 0.15) is 11.9 Å². The van der Waals surface area contributed by atoms with Gasteiger partial charge >= 0.3 is 0 Å². The number of para-hydroxylation sites is 1. The van der Waals surface area contributed by atoms with E-state index < -0.39 is 0 Å². The Bertz CT molecular complexity index is 1200. The number of benzene rings is 2. The van der Waals surface area contributed by atoms with Crippen LogP contribution >= 0.6 is 0 Å². The lowest BCUT2D eigenvalue weighted by Crippen LogP contribution is -2.46. The van der Waals surface area contributed by atoms with Crippen LogP contribution in [0.15, 0.2) is 77.6 Å². The van der Waals surface area contributed by atoms with Gasteiger partial charge in [-0.1, -0.05) is 30.3 Å². The summed E-state index contributed by atoms with van der Waals surface area (Å²) in [6.45, 7) is 4.73. The summed E-state index contributed by atoms with van der Waals surface area (Å²) in [6, 6.07) is 17.8. The highest BCUT2D eigenvalue weighted by molar-refractivity contribution is 6.10. The van der Waals surface area contributed by atoms with E-state index in [4.69, 9.17) is 4.99 Å². The van der Waals surface area contributed by atoms with Crippen molar-refractivity contribution in [1.82, 2.24) is 15.1 Å². The third kappa shape index (κ3) is 6.41. The number of anilines is 1. The van der Waals surface area contributed by atoms with Crippen LogP contribution in [0.2, 0.25) is 0 Å². The van der Waals surface area contributed by atoms with Gasteiger partial charge in [0.15, 0.2) is 0 Å². The molecule has 7 heteroatoms. The topological polar surface area (TPSA) is 75.0 Å². The molecule has 2 aliphatic rings. The molecule has 7 nitrogen and oxygen atoms in total. The second-order valence-electron chi connectivity index (χ2n) is 9.28. The Morgan fingerprint density at radius 1 is 1.06 bits per heavy atom. The monoisotopic (exact) mass is 482 g/mol. The Kier molecular flexibility index (Phi) is 8.53. The number of allylic oxidation sites excluding steroid dienone is 3. The maximum atomic E-state index is 12.7. The highest BCUT2D eigenvalue weighted by Gasteiger charge is 2.21. The highest BCUT2D eigenvalue weighted by atomic mass is 16.1. The van der Waals surface area contributed by atoms with Crippen molar-refractivity contribution in [2.45, 2.75) is 12.8 Å². The lowest BCUT2D eigenvalue weighted by Gasteiger charge is -2.37. The zero-order valence-corrected chi connectivity index (χ0v) is 21.2. The van der Waals surface area contributed by atoms with Crippen LogP contribution in [-0.4, -0.2) is 74.8 Å². The molecule has 0 radical (unpaired) electrons. The van der Waals surface area contributed by atoms with Gasteiger partial charge in [-0.25, -0.2) is 4.99 Å². The van der Waals surface area contributed by atoms with Crippen molar-refractivity contribution in [2.75, 3.05) is 58.3 Å². The van der Waals surface area contributed by atoms with Crippen molar-refractivity contribution in [3.63, 3.8) is 0 Å². The summed E-state index contributed by atoms with van der Waals surface area (Å²) in [5.41, 5.74) is 4.15. The number of likely N-dealkylation sites (N-methyl/N-ethyl adjacent to an activating group) is 1. The van der Waals surface area contributed by atoms with Crippen LogP contribution in [0.5, 0.6) is 0 Å². The first-order valence-electron chi connectivity index (χ1n) is 12.5. The molecule has 0 saturated carbocycles. The molecular weight excluding hydrogens is 448 g/mol. The Morgan fingerprint density at radius 3 is 2.61 bits per heavy atom. The number of nitrogens with zero attached hydrogens (tertiary/aromatic N) is 5. The maximum Gasteiger partial charge on any atom is 0.251 e. The minimum absolute atomic E-state index is 0.0707. The zero-order chi connectivity index (χ0) is 25.3. The van der Waals surface area contributed by atoms with Crippen molar-refractivity contribution >= 4 is 17.3 Å². The number of rotatable bonds is 7. The zero-order valence-electron chi connectivity index (χ0n) is 21.2. The molecule has 36 heavy (non-hydrogen) atoms. The van der Waals surface area contributed by atoms with Gasteiger partial charge < -0.3 is 20.0 Å². The molecular formula is C29H34N6O. The molecule has 2 heterocycles. The third-order valence-corrected chi connectivity index (χ3v) is 6.40. The standard InChI is InChI=1S/C29H34N6O/c1-33(2)16-15-31-29(36)24-11-8-10-23(21-24)26-12-4-3-5-14-28(32-26)35-19-17-34(18-20-35)27-13-7-6-9-25(27)22-30/h4,6-14,21H,3,5,15-20H2,1-2H3,(H,31,36)/b12-4-,28-14+,32-26+. The molecule has 0 spiro atoms. The van der Waals surface area contributed by atoms with Gasteiger partial charge in [0.2, 0.25) is 0 Å². The van der Waals surface area contributed by atoms with Crippen LogP contribution in [0.25, 0.3) is 0 Å². The van der Waals surface area contributed by atoms with Gasteiger partial charge in [0, 0.05) is 50.4 Å². The number of piperazine rings is 1.